The molecule has 2 aliphatic rings. The van der Waals surface area contributed by atoms with Gasteiger partial charge in [-0.05, 0) is 64.0 Å². The van der Waals surface area contributed by atoms with Crippen molar-refractivity contribution in [2.45, 2.75) is 88.8 Å². The van der Waals surface area contributed by atoms with Gasteiger partial charge in [0.05, 0.1) is 16.7 Å². The molecule has 0 aromatic heterocycles. The summed E-state index contributed by atoms with van der Waals surface area (Å²) in [5.41, 5.74) is -1.23. The standard InChI is InChI=1S/C30H48ClFN2O4/c1-33-20-23(29(36)22-11-5-3-4-6-12-22)19-27(35)34-17-10-13-24(21-34)30(37,16-7-8-18-38-2)25-14-9-15-26(31)28(25)32/h9,14-15,22-24,29,33,36-37H,3-8,10-13,16-21H2,1-2H3/t23-,24-,29+,30+/m1/s1. The summed E-state index contributed by atoms with van der Waals surface area (Å²) < 4.78 is 20.4. The van der Waals surface area contributed by atoms with Crippen molar-refractivity contribution < 1.29 is 24.1 Å². The first kappa shape index (κ1) is 31.3. The molecule has 1 amide bonds. The van der Waals surface area contributed by atoms with Crippen molar-refractivity contribution in [1.29, 1.82) is 0 Å². The number of methoxy groups -OCH3 is 1. The van der Waals surface area contributed by atoms with E-state index in [9.17, 15) is 15.0 Å². The second-order valence-electron chi connectivity index (χ2n) is 11.4. The zero-order valence-electron chi connectivity index (χ0n) is 23.3. The van der Waals surface area contributed by atoms with E-state index in [2.05, 4.69) is 5.32 Å². The van der Waals surface area contributed by atoms with Gasteiger partial charge in [-0.15, -0.1) is 0 Å². The first-order chi connectivity index (χ1) is 18.3. The van der Waals surface area contributed by atoms with Crippen LogP contribution in [0.5, 0.6) is 0 Å². The highest BCUT2D eigenvalue weighted by Gasteiger charge is 2.43. The molecule has 1 saturated heterocycles. The fraction of sp³-hybridized carbons (Fsp3) is 0.767. The summed E-state index contributed by atoms with van der Waals surface area (Å²) in [5, 5.41) is 26.5. The van der Waals surface area contributed by atoms with Gasteiger partial charge in [0.25, 0.3) is 0 Å². The number of piperidine rings is 1. The van der Waals surface area contributed by atoms with Crippen molar-refractivity contribution in [2.75, 3.05) is 40.4 Å². The molecule has 0 unspecified atom stereocenters. The number of benzene rings is 1. The van der Waals surface area contributed by atoms with Gasteiger partial charge >= 0.3 is 0 Å². The average Bonchev–Trinajstić information content (AvgIpc) is 3.21. The summed E-state index contributed by atoms with van der Waals surface area (Å²) in [6.45, 7) is 2.12. The lowest BCUT2D eigenvalue weighted by molar-refractivity contribution is -0.139. The van der Waals surface area contributed by atoms with E-state index in [1.165, 1.54) is 18.9 Å². The molecule has 4 atom stereocenters. The fourth-order valence-corrected chi connectivity index (χ4v) is 6.77. The zero-order chi connectivity index (χ0) is 27.5. The Morgan fingerprint density at radius 1 is 1.21 bits per heavy atom. The van der Waals surface area contributed by atoms with Crippen LogP contribution in [0.3, 0.4) is 0 Å². The molecule has 0 spiro atoms. The van der Waals surface area contributed by atoms with E-state index in [1.807, 2.05) is 11.9 Å². The van der Waals surface area contributed by atoms with Gasteiger partial charge in [0.1, 0.15) is 5.82 Å². The van der Waals surface area contributed by atoms with Crippen molar-refractivity contribution in [3.05, 3.63) is 34.6 Å². The Morgan fingerprint density at radius 2 is 1.95 bits per heavy atom. The molecule has 1 aliphatic carbocycles. The van der Waals surface area contributed by atoms with Gasteiger partial charge in [-0.1, -0.05) is 49.4 Å². The Morgan fingerprint density at radius 3 is 2.63 bits per heavy atom. The van der Waals surface area contributed by atoms with E-state index in [0.717, 1.165) is 38.5 Å². The molecule has 2 fully saturated rings. The highest BCUT2D eigenvalue weighted by molar-refractivity contribution is 6.30. The van der Waals surface area contributed by atoms with E-state index >= 15 is 4.39 Å². The van der Waals surface area contributed by atoms with Crippen LogP contribution in [-0.2, 0) is 15.1 Å². The van der Waals surface area contributed by atoms with Crippen molar-refractivity contribution in [2.24, 2.45) is 17.8 Å². The van der Waals surface area contributed by atoms with Crippen LogP contribution in [0.2, 0.25) is 5.02 Å². The van der Waals surface area contributed by atoms with Gasteiger partial charge in [0.2, 0.25) is 5.91 Å². The Hall–Kier alpha value is -1.25. The van der Waals surface area contributed by atoms with Gasteiger partial charge in [-0.2, -0.15) is 0 Å². The van der Waals surface area contributed by atoms with E-state index in [-0.39, 0.29) is 40.7 Å². The Balaban J connectivity index is 1.74. The van der Waals surface area contributed by atoms with Gasteiger partial charge in [0, 0.05) is 57.2 Å². The quantitative estimate of drug-likeness (QED) is 0.228. The molecule has 6 nitrogen and oxygen atoms in total. The number of hydrogen-bond acceptors (Lipinski definition) is 5. The topological polar surface area (TPSA) is 82.0 Å². The highest BCUT2D eigenvalue weighted by Crippen LogP contribution is 2.42. The van der Waals surface area contributed by atoms with Crippen LogP contribution in [0.25, 0.3) is 0 Å². The van der Waals surface area contributed by atoms with E-state index in [4.69, 9.17) is 16.3 Å². The third-order valence-electron chi connectivity index (χ3n) is 8.79. The van der Waals surface area contributed by atoms with Crippen LogP contribution in [-0.4, -0.2) is 67.5 Å². The van der Waals surface area contributed by atoms with Crippen LogP contribution in [0.1, 0.15) is 82.6 Å². The number of aliphatic hydroxyl groups is 2. The van der Waals surface area contributed by atoms with E-state index in [1.54, 1.807) is 19.2 Å². The minimum Gasteiger partial charge on any atom is -0.392 e. The fourth-order valence-electron chi connectivity index (χ4n) is 6.60. The lowest BCUT2D eigenvalue weighted by Gasteiger charge is -2.43. The predicted octanol–water partition coefficient (Wildman–Crippen LogP) is 5.28. The molecule has 1 aromatic carbocycles. The molecule has 3 N–H and O–H groups in total. The van der Waals surface area contributed by atoms with Crippen LogP contribution in [0, 0.1) is 23.6 Å². The molecule has 38 heavy (non-hydrogen) atoms. The molecule has 1 aromatic rings. The summed E-state index contributed by atoms with van der Waals surface area (Å²) in [6, 6.07) is 4.78. The molecule has 1 saturated carbocycles. The van der Waals surface area contributed by atoms with Gasteiger partial charge in [-0.3, -0.25) is 4.79 Å². The van der Waals surface area contributed by atoms with Crippen molar-refractivity contribution in [3.8, 4) is 0 Å². The predicted molar refractivity (Wildman–Crippen MR) is 150 cm³/mol. The molecular weight excluding hydrogens is 507 g/mol. The zero-order valence-corrected chi connectivity index (χ0v) is 24.0. The number of hydrogen-bond donors (Lipinski definition) is 3. The lowest BCUT2D eigenvalue weighted by Crippen LogP contribution is -2.49. The number of nitrogens with one attached hydrogen (secondary N) is 1. The number of halogens is 2. The number of aliphatic hydroxyl groups excluding tert-OH is 1. The maximum atomic E-state index is 15.2. The molecule has 216 valence electrons. The highest BCUT2D eigenvalue weighted by atomic mass is 35.5. The average molecular weight is 555 g/mol. The molecule has 8 heteroatoms. The third kappa shape index (κ3) is 8.14. The summed E-state index contributed by atoms with van der Waals surface area (Å²) >= 11 is 6.11. The summed E-state index contributed by atoms with van der Waals surface area (Å²) in [4.78, 5) is 15.4. The third-order valence-corrected chi connectivity index (χ3v) is 9.08. The number of carbonyl (C=O) groups is 1. The van der Waals surface area contributed by atoms with Crippen molar-refractivity contribution in [3.63, 3.8) is 0 Å². The Labute approximate surface area is 233 Å². The molecule has 3 rings (SSSR count). The minimum absolute atomic E-state index is 0.00378. The number of carbonyl (C=O) groups excluding carboxylic acids is 1. The largest absolute Gasteiger partial charge is 0.392 e. The normalized spacial score (nSPS) is 22.5. The number of likely N-dealkylation sites (tertiary alicyclic amines) is 1. The second kappa shape index (κ2) is 15.5. The number of unbranched alkanes of at least 4 members (excludes halogenated alkanes) is 1. The summed E-state index contributed by atoms with van der Waals surface area (Å²) in [7, 11) is 3.50. The molecular formula is C30H48ClFN2O4. The van der Waals surface area contributed by atoms with Crippen molar-refractivity contribution in [1.82, 2.24) is 10.2 Å². The van der Waals surface area contributed by atoms with Crippen LogP contribution < -0.4 is 5.32 Å². The van der Waals surface area contributed by atoms with Crippen LogP contribution >= 0.6 is 11.6 Å². The number of rotatable bonds is 13. The van der Waals surface area contributed by atoms with Gasteiger partial charge in [-0.25, -0.2) is 4.39 Å². The Bertz CT molecular complexity index is 867. The number of amides is 1. The molecule has 0 radical (unpaired) electrons. The maximum Gasteiger partial charge on any atom is 0.223 e. The monoisotopic (exact) mass is 554 g/mol. The number of nitrogens with zero attached hydrogens (tertiary/aromatic N) is 1. The van der Waals surface area contributed by atoms with Crippen LogP contribution in [0.4, 0.5) is 4.39 Å². The summed E-state index contributed by atoms with van der Waals surface area (Å²) in [6.07, 6.45) is 9.71. The van der Waals surface area contributed by atoms with E-state index in [0.29, 0.717) is 45.5 Å². The molecule has 0 bridgehead atoms. The van der Waals surface area contributed by atoms with Crippen molar-refractivity contribution >= 4 is 17.5 Å². The first-order valence-electron chi connectivity index (χ1n) is 14.6. The van der Waals surface area contributed by atoms with E-state index < -0.39 is 17.5 Å². The maximum absolute atomic E-state index is 15.2. The second-order valence-corrected chi connectivity index (χ2v) is 11.8. The number of ether oxygens (including phenoxy) is 1. The van der Waals surface area contributed by atoms with Gasteiger partial charge in [0.15, 0.2) is 0 Å². The lowest BCUT2D eigenvalue weighted by atomic mass is 9.73. The first-order valence-corrected chi connectivity index (χ1v) is 15.0. The summed E-state index contributed by atoms with van der Waals surface area (Å²) in [5.74, 6) is -0.830. The SMILES string of the molecule is CNC[C@@H](CC(=O)N1CCC[C@@H]([C@@](O)(CCCCOC)c2cccc(Cl)c2F)C1)[C@@H](O)C1CCCCCC1. The molecule has 1 heterocycles. The minimum atomic E-state index is -1.44. The molecule has 1 aliphatic heterocycles. The smallest absolute Gasteiger partial charge is 0.223 e. The van der Waals surface area contributed by atoms with Crippen LogP contribution in [0.15, 0.2) is 18.2 Å². The Kier molecular flexibility index (Phi) is 12.8. The van der Waals surface area contributed by atoms with Gasteiger partial charge < -0.3 is 25.2 Å².